The number of H-pyrrole nitrogens is 1. The molecule has 4 heteroatoms. The lowest BCUT2D eigenvalue weighted by Gasteiger charge is -1.99. The number of aromatic nitrogens is 2. The van der Waals surface area contributed by atoms with E-state index in [0.717, 1.165) is 5.69 Å². The summed E-state index contributed by atoms with van der Waals surface area (Å²) in [5.74, 6) is 0.210. The highest BCUT2D eigenvalue weighted by molar-refractivity contribution is 5.68. The Morgan fingerprint density at radius 1 is 1.18 bits per heavy atom. The number of rotatable bonds is 1. The van der Waals surface area contributed by atoms with E-state index < -0.39 is 0 Å². The van der Waals surface area contributed by atoms with Crippen molar-refractivity contribution in [1.82, 2.24) is 9.38 Å². The molecule has 0 saturated heterocycles. The zero-order chi connectivity index (χ0) is 11.8. The molecule has 0 spiro atoms. The van der Waals surface area contributed by atoms with Crippen LogP contribution in [-0.4, -0.2) is 14.5 Å². The number of benzene rings is 1. The zero-order valence-corrected chi connectivity index (χ0v) is 8.92. The van der Waals surface area contributed by atoms with Crippen LogP contribution in [0.3, 0.4) is 0 Å². The van der Waals surface area contributed by atoms with Gasteiger partial charge in [0, 0.05) is 30.1 Å². The topological polar surface area (TPSA) is 57.5 Å². The van der Waals surface area contributed by atoms with E-state index in [1.807, 2.05) is 22.7 Å². The third kappa shape index (κ3) is 1.59. The van der Waals surface area contributed by atoms with Crippen molar-refractivity contribution in [3.63, 3.8) is 0 Å². The molecule has 2 aromatic heterocycles. The second-order valence-electron chi connectivity index (χ2n) is 3.84. The number of pyridine rings is 1. The van der Waals surface area contributed by atoms with Crippen molar-refractivity contribution in [2.24, 2.45) is 0 Å². The minimum atomic E-state index is -0.0457. The Bertz CT molecular complexity index is 740. The lowest BCUT2D eigenvalue weighted by atomic mass is 10.1. The number of aromatic amines is 1. The fraction of sp³-hybridized carbons (Fsp3) is 0. The number of hydrogen-bond acceptors (Lipinski definition) is 2. The molecule has 0 aliphatic carbocycles. The smallest absolute Gasteiger partial charge is 0.183 e. The first kappa shape index (κ1) is 9.72. The molecule has 1 aromatic carbocycles. The van der Waals surface area contributed by atoms with Crippen LogP contribution in [0.4, 0.5) is 0 Å². The second kappa shape index (κ2) is 3.52. The maximum absolute atomic E-state index is 11.2. The van der Waals surface area contributed by atoms with E-state index >= 15 is 0 Å². The SMILES string of the molecule is O=c1ccn2cc(-c3ccccc3O)[nH]c2c1. The van der Waals surface area contributed by atoms with Crippen molar-refractivity contribution >= 4 is 5.65 Å². The third-order valence-corrected chi connectivity index (χ3v) is 2.68. The van der Waals surface area contributed by atoms with Crippen molar-refractivity contribution in [1.29, 1.82) is 0 Å². The quantitative estimate of drug-likeness (QED) is 0.666. The van der Waals surface area contributed by atoms with Gasteiger partial charge in [0.2, 0.25) is 0 Å². The van der Waals surface area contributed by atoms with Crippen molar-refractivity contribution < 1.29 is 5.11 Å². The minimum Gasteiger partial charge on any atom is -0.507 e. The van der Waals surface area contributed by atoms with Gasteiger partial charge in [-0.1, -0.05) is 12.1 Å². The molecular formula is C13H10N2O2. The first-order valence-corrected chi connectivity index (χ1v) is 5.23. The van der Waals surface area contributed by atoms with Crippen LogP contribution in [0.5, 0.6) is 5.75 Å². The van der Waals surface area contributed by atoms with Crippen molar-refractivity contribution in [3.8, 4) is 17.0 Å². The summed E-state index contributed by atoms with van der Waals surface area (Å²) in [6.07, 6.45) is 3.53. The number of hydrogen-bond donors (Lipinski definition) is 2. The van der Waals surface area contributed by atoms with Crippen LogP contribution >= 0.6 is 0 Å². The molecular weight excluding hydrogens is 216 g/mol. The highest BCUT2D eigenvalue weighted by atomic mass is 16.3. The molecule has 0 bridgehead atoms. The van der Waals surface area contributed by atoms with E-state index in [1.54, 1.807) is 18.3 Å². The van der Waals surface area contributed by atoms with Gasteiger partial charge < -0.3 is 14.5 Å². The summed E-state index contributed by atoms with van der Waals surface area (Å²) in [6.45, 7) is 0. The number of nitrogens with one attached hydrogen (secondary N) is 1. The number of fused-ring (bicyclic) bond motifs is 1. The van der Waals surface area contributed by atoms with E-state index in [4.69, 9.17) is 0 Å². The van der Waals surface area contributed by atoms with E-state index in [0.29, 0.717) is 11.2 Å². The van der Waals surface area contributed by atoms with Crippen LogP contribution in [-0.2, 0) is 0 Å². The third-order valence-electron chi connectivity index (χ3n) is 2.68. The number of imidazole rings is 1. The average Bonchev–Trinajstić information content (AvgIpc) is 2.72. The first-order chi connectivity index (χ1) is 8.24. The molecule has 3 rings (SSSR count). The van der Waals surface area contributed by atoms with E-state index in [-0.39, 0.29) is 11.2 Å². The van der Waals surface area contributed by atoms with Gasteiger partial charge in [-0.25, -0.2) is 0 Å². The van der Waals surface area contributed by atoms with Gasteiger partial charge >= 0.3 is 0 Å². The number of aromatic hydroxyl groups is 1. The molecule has 0 atom stereocenters. The molecule has 0 radical (unpaired) electrons. The number of phenols is 1. The Balaban J connectivity index is 2.25. The molecule has 0 fully saturated rings. The van der Waals surface area contributed by atoms with Crippen molar-refractivity contribution in [3.05, 3.63) is 59.0 Å². The lowest BCUT2D eigenvalue weighted by Crippen LogP contribution is -1.97. The lowest BCUT2D eigenvalue weighted by molar-refractivity contribution is 0.477. The molecule has 17 heavy (non-hydrogen) atoms. The van der Waals surface area contributed by atoms with Gasteiger partial charge in [-0.2, -0.15) is 0 Å². The van der Waals surface area contributed by atoms with Crippen LogP contribution in [0.25, 0.3) is 16.9 Å². The van der Waals surface area contributed by atoms with Crippen molar-refractivity contribution in [2.45, 2.75) is 0 Å². The van der Waals surface area contributed by atoms with E-state index in [2.05, 4.69) is 4.98 Å². The molecule has 0 amide bonds. The molecule has 0 aliphatic heterocycles. The summed E-state index contributed by atoms with van der Waals surface area (Å²) in [7, 11) is 0. The summed E-state index contributed by atoms with van der Waals surface area (Å²) >= 11 is 0. The predicted molar refractivity (Wildman–Crippen MR) is 65.1 cm³/mol. The highest BCUT2D eigenvalue weighted by Gasteiger charge is 2.06. The maximum atomic E-state index is 11.2. The molecule has 4 nitrogen and oxygen atoms in total. The average molecular weight is 226 g/mol. The molecule has 84 valence electrons. The van der Waals surface area contributed by atoms with Crippen LogP contribution in [0.2, 0.25) is 0 Å². The number of nitrogens with zero attached hydrogens (tertiary/aromatic N) is 1. The Morgan fingerprint density at radius 2 is 2.00 bits per heavy atom. The molecule has 2 heterocycles. The van der Waals surface area contributed by atoms with Gasteiger partial charge in [0.15, 0.2) is 5.43 Å². The largest absolute Gasteiger partial charge is 0.507 e. The summed E-state index contributed by atoms with van der Waals surface area (Å²) in [4.78, 5) is 14.3. The molecule has 0 unspecified atom stereocenters. The fourth-order valence-electron chi connectivity index (χ4n) is 1.85. The van der Waals surface area contributed by atoms with E-state index in [1.165, 1.54) is 12.1 Å². The van der Waals surface area contributed by atoms with Crippen molar-refractivity contribution in [2.75, 3.05) is 0 Å². The van der Waals surface area contributed by atoms with Gasteiger partial charge in [0.05, 0.1) is 5.69 Å². The van der Waals surface area contributed by atoms with Gasteiger partial charge in [-0.3, -0.25) is 4.79 Å². The molecule has 2 N–H and O–H groups in total. The monoisotopic (exact) mass is 226 g/mol. The Morgan fingerprint density at radius 3 is 2.82 bits per heavy atom. The molecule has 0 saturated carbocycles. The summed E-state index contributed by atoms with van der Waals surface area (Å²) in [6, 6.07) is 10.1. The van der Waals surface area contributed by atoms with Gasteiger partial charge in [0.1, 0.15) is 11.4 Å². The number of phenolic OH excluding ortho intramolecular Hbond substituents is 1. The summed E-state index contributed by atoms with van der Waals surface area (Å²) in [5.41, 5.74) is 2.14. The van der Waals surface area contributed by atoms with Gasteiger partial charge in [-0.15, -0.1) is 0 Å². The Kier molecular flexibility index (Phi) is 2.01. The summed E-state index contributed by atoms with van der Waals surface area (Å²) in [5, 5.41) is 9.75. The van der Waals surface area contributed by atoms with Crippen LogP contribution < -0.4 is 5.43 Å². The predicted octanol–water partition coefficient (Wildman–Crippen LogP) is 2.00. The molecule has 3 aromatic rings. The normalized spacial score (nSPS) is 10.8. The summed E-state index contributed by atoms with van der Waals surface area (Å²) < 4.78 is 1.81. The standard InChI is InChI=1S/C13H10N2O2/c16-9-5-6-15-8-11(14-13(15)7-9)10-3-1-2-4-12(10)17/h1-8,14,17H. The van der Waals surface area contributed by atoms with Crippen LogP contribution in [0.1, 0.15) is 0 Å². The Labute approximate surface area is 96.8 Å². The van der Waals surface area contributed by atoms with E-state index in [9.17, 15) is 9.90 Å². The first-order valence-electron chi connectivity index (χ1n) is 5.23. The number of para-hydroxylation sites is 1. The zero-order valence-electron chi connectivity index (χ0n) is 8.92. The Hall–Kier alpha value is -2.49. The fourth-order valence-corrected chi connectivity index (χ4v) is 1.85. The van der Waals surface area contributed by atoms with Crippen LogP contribution in [0.15, 0.2) is 53.6 Å². The van der Waals surface area contributed by atoms with Gasteiger partial charge in [0.25, 0.3) is 0 Å². The van der Waals surface area contributed by atoms with Gasteiger partial charge in [-0.05, 0) is 12.1 Å². The highest BCUT2D eigenvalue weighted by Crippen LogP contribution is 2.27. The second-order valence-corrected chi connectivity index (χ2v) is 3.84. The minimum absolute atomic E-state index is 0.0457. The maximum Gasteiger partial charge on any atom is 0.183 e. The molecule has 0 aliphatic rings. The van der Waals surface area contributed by atoms with Crippen LogP contribution in [0, 0.1) is 0 Å².